The minimum Gasteiger partial charge on any atom is -0.0579 e. The molecule has 3 heteroatoms. The molecule has 0 amide bonds. The predicted molar refractivity (Wildman–Crippen MR) is 27.5 cm³/mol. The molecule has 28 valence electrons. The third-order valence-corrected chi connectivity index (χ3v) is 0. The van der Waals surface area contributed by atoms with Gasteiger partial charge in [0.1, 0.15) is 0 Å². The van der Waals surface area contributed by atoms with E-state index in [1.54, 1.807) is 0 Å². The van der Waals surface area contributed by atoms with Gasteiger partial charge in [0, 0.05) is 7.43 Å². The molecule has 0 aromatic carbocycles. The van der Waals surface area contributed by atoms with Crippen LogP contribution in [0.4, 0.5) is 0 Å². The Bertz CT molecular complexity index is 30.6. The standard InChI is InChI=1S/CCl2S.C/c2-1(3)4;. The molecule has 0 fully saturated rings. The number of hydrogen-bond donors (Lipinski definition) is 0. The highest BCUT2D eigenvalue weighted by Crippen LogP contribution is 1.86. The van der Waals surface area contributed by atoms with Crippen molar-refractivity contribution in [3.05, 3.63) is 7.43 Å². The minimum atomic E-state index is -0.0556. The van der Waals surface area contributed by atoms with Gasteiger partial charge in [0.25, 0.3) is 0 Å². The van der Waals surface area contributed by atoms with Crippen LogP contribution in [-0.4, -0.2) is 3.78 Å². The van der Waals surface area contributed by atoms with Crippen LogP contribution in [0.3, 0.4) is 0 Å². The maximum atomic E-state index is 4.77. The Hall–Kier alpha value is 0.670. The molecule has 0 aliphatic rings. The fourth-order valence-corrected chi connectivity index (χ4v) is 0. The van der Waals surface area contributed by atoms with Gasteiger partial charge in [-0.3, -0.25) is 0 Å². The summed E-state index contributed by atoms with van der Waals surface area (Å²) in [6.07, 6.45) is 0. The lowest BCUT2D eigenvalue weighted by Gasteiger charge is -1.53. The lowest BCUT2D eigenvalue weighted by atomic mass is 11.9. The normalized spacial score (nSPS) is 5.20. The molecule has 0 unspecified atom stereocenters. The van der Waals surface area contributed by atoms with E-state index in [4.69, 9.17) is 23.2 Å². The summed E-state index contributed by atoms with van der Waals surface area (Å²) in [7, 11) is 0. The van der Waals surface area contributed by atoms with Crippen LogP contribution < -0.4 is 0 Å². The van der Waals surface area contributed by atoms with Crippen LogP contribution in [0.2, 0.25) is 0 Å². The van der Waals surface area contributed by atoms with Crippen LogP contribution in [0.25, 0.3) is 0 Å². The van der Waals surface area contributed by atoms with E-state index < -0.39 is 0 Å². The van der Waals surface area contributed by atoms with Crippen molar-refractivity contribution in [2.75, 3.05) is 0 Å². The third kappa shape index (κ3) is 74.2. The van der Waals surface area contributed by atoms with E-state index in [0.29, 0.717) is 0 Å². The lowest BCUT2D eigenvalue weighted by Crippen LogP contribution is -1.45. The quantitative estimate of drug-likeness (QED) is 0.353. The van der Waals surface area contributed by atoms with Crippen molar-refractivity contribution >= 4 is 39.2 Å². The fourth-order valence-electron chi connectivity index (χ4n) is 0. The Kier molecular flexibility index (Phi) is 8.57. The first-order valence-corrected chi connectivity index (χ1v) is 1.75. The van der Waals surface area contributed by atoms with Crippen molar-refractivity contribution < 1.29 is 0 Å². The van der Waals surface area contributed by atoms with E-state index >= 15 is 0 Å². The number of rotatable bonds is 0. The molecule has 4 radical (unpaired) electrons. The summed E-state index contributed by atoms with van der Waals surface area (Å²) in [5.41, 5.74) is 0. The van der Waals surface area contributed by atoms with Gasteiger partial charge in [-0.2, -0.15) is 0 Å². The van der Waals surface area contributed by atoms with Crippen LogP contribution in [0.15, 0.2) is 0 Å². The zero-order valence-corrected chi connectivity index (χ0v) is 4.49. The first kappa shape index (κ1) is 9.18. The van der Waals surface area contributed by atoms with E-state index in [9.17, 15) is 0 Å². The predicted octanol–water partition coefficient (Wildman–Crippen LogP) is 1.83. The Labute approximate surface area is 47.1 Å². The number of halogens is 2. The van der Waals surface area contributed by atoms with E-state index in [2.05, 4.69) is 12.2 Å². The molecule has 0 nitrogen and oxygen atoms in total. The second-order valence-corrected chi connectivity index (χ2v) is 2.03. The van der Waals surface area contributed by atoms with E-state index in [1.165, 1.54) is 0 Å². The summed E-state index contributed by atoms with van der Waals surface area (Å²) in [5.74, 6) is 0. The maximum Gasteiger partial charge on any atom is 0.169 e. The summed E-state index contributed by atoms with van der Waals surface area (Å²) in [6, 6.07) is 0. The summed E-state index contributed by atoms with van der Waals surface area (Å²) in [6.45, 7) is 0. The van der Waals surface area contributed by atoms with Gasteiger partial charge in [0.15, 0.2) is 3.78 Å². The summed E-state index contributed by atoms with van der Waals surface area (Å²) < 4.78 is -0.0556. The van der Waals surface area contributed by atoms with Crippen molar-refractivity contribution in [2.24, 2.45) is 0 Å². The maximum absolute atomic E-state index is 4.77. The molecule has 0 rings (SSSR count). The second kappa shape index (κ2) is 4.67. The molecule has 0 aromatic rings. The van der Waals surface area contributed by atoms with Crippen molar-refractivity contribution in [2.45, 2.75) is 0 Å². The minimum absolute atomic E-state index is 0. The molecular formula is C2Cl2S. The Balaban J connectivity index is 0. The van der Waals surface area contributed by atoms with Gasteiger partial charge in [-0.25, -0.2) is 0 Å². The zero-order valence-electron chi connectivity index (χ0n) is 2.16. The first-order chi connectivity index (χ1) is 1.73. The monoisotopic (exact) mass is 126 g/mol. The molecular weight excluding hydrogens is 127 g/mol. The van der Waals surface area contributed by atoms with Crippen molar-refractivity contribution in [1.82, 2.24) is 0 Å². The van der Waals surface area contributed by atoms with Gasteiger partial charge >= 0.3 is 0 Å². The molecule has 0 aliphatic heterocycles. The SMILES string of the molecule is S=C(Cl)Cl.[C]. The highest BCUT2D eigenvalue weighted by atomic mass is 35.5. The molecule has 0 bridgehead atoms. The molecule has 0 saturated heterocycles. The zero-order chi connectivity index (χ0) is 3.58. The van der Waals surface area contributed by atoms with E-state index in [0.717, 1.165) is 0 Å². The Morgan fingerprint density at radius 1 is 1.40 bits per heavy atom. The average Bonchev–Trinajstić information content (AvgIpc) is 0.811. The largest absolute Gasteiger partial charge is 0.169 e. The second-order valence-electron chi connectivity index (χ2n) is 0.226. The molecule has 0 heterocycles. The van der Waals surface area contributed by atoms with Crippen molar-refractivity contribution in [1.29, 1.82) is 0 Å². The summed E-state index contributed by atoms with van der Waals surface area (Å²) >= 11 is 13.6. The van der Waals surface area contributed by atoms with Gasteiger partial charge in [-0.15, -0.1) is 0 Å². The molecule has 0 aromatic heterocycles. The molecule has 0 aliphatic carbocycles. The molecule has 0 N–H and O–H groups in total. The van der Waals surface area contributed by atoms with Gasteiger partial charge in [-0.1, -0.05) is 35.4 Å². The smallest absolute Gasteiger partial charge is 0.0579 e. The Morgan fingerprint density at radius 2 is 1.40 bits per heavy atom. The summed E-state index contributed by atoms with van der Waals surface area (Å²) in [5, 5.41) is 0. The van der Waals surface area contributed by atoms with Crippen LogP contribution in [-0.2, 0) is 0 Å². The number of hydrogen-bond acceptors (Lipinski definition) is 1. The molecule has 0 spiro atoms. The van der Waals surface area contributed by atoms with Gasteiger partial charge in [0.2, 0.25) is 0 Å². The summed E-state index contributed by atoms with van der Waals surface area (Å²) in [4.78, 5) is 0. The van der Waals surface area contributed by atoms with Gasteiger partial charge < -0.3 is 0 Å². The fraction of sp³-hybridized carbons (Fsp3) is 0. The first-order valence-electron chi connectivity index (χ1n) is 0.582. The topological polar surface area (TPSA) is 0 Å². The molecule has 0 saturated carbocycles. The van der Waals surface area contributed by atoms with E-state index in [-0.39, 0.29) is 11.2 Å². The third-order valence-electron chi connectivity index (χ3n) is 0. The average molecular weight is 127 g/mol. The van der Waals surface area contributed by atoms with Crippen LogP contribution in [0.5, 0.6) is 0 Å². The van der Waals surface area contributed by atoms with Crippen LogP contribution >= 0.6 is 35.4 Å². The van der Waals surface area contributed by atoms with Crippen molar-refractivity contribution in [3.8, 4) is 0 Å². The van der Waals surface area contributed by atoms with E-state index in [1.807, 2.05) is 0 Å². The highest BCUT2D eigenvalue weighted by molar-refractivity contribution is 7.86. The van der Waals surface area contributed by atoms with Crippen molar-refractivity contribution in [3.63, 3.8) is 0 Å². The highest BCUT2D eigenvalue weighted by Gasteiger charge is 1.64. The molecule has 0 atom stereocenters. The van der Waals surface area contributed by atoms with Gasteiger partial charge in [-0.05, 0) is 0 Å². The lowest BCUT2D eigenvalue weighted by molar-refractivity contribution is 3.24. The van der Waals surface area contributed by atoms with Crippen LogP contribution in [0, 0.1) is 7.43 Å². The Morgan fingerprint density at radius 3 is 1.40 bits per heavy atom. The van der Waals surface area contributed by atoms with Crippen LogP contribution in [0.1, 0.15) is 0 Å². The molecule has 5 heavy (non-hydrogen) atoms. The number of thiocarbonyl (C=S) groups is 1. The van der Waals surface area contributed by atoms with Gasteiger partial charge in [0.05, 0.1) is 0 Å².